The molecule has 0 saturated heterocycles. The minimum Gasteiger partial charge on any atom is -0.382 e. The van der Waals surface area contributed by atoms with E-state index in [4.69, 9.17) is 0 Å². The highest BCUT2D eigenvalue weighted by molar-refractivity contribution is 8.01. The van der Waals surface area contributed by atoms with Crippen molar-refractivity contribution in [2.45, 2.75) is 9.46 Å². The van der Waals surface area contributed by atoms with Gasteiger partial charge in [-0.25, -0.2) is 4.98 Å². The van der Waals surface area contributed by atoms with Crippen LogP contribution in [0.15, 0.2) is 26.5 Å². The number of hydrogen-bond acceptors (Lipinski definition) is 5. The highest BCUT2D eigenvalue weighted by Gasteiger charge is 2.22. The second-order valence-electron chi connectivity index (χ2n) is 3.02. The third kappa shape index (κ3) is 1.45. The molecule has 72 valence electrons. The lowest BCUT2D eigenvalue weighted by Gasteiger charge is -2.21. The topological polar surface area (TPSA) is 24.9 Å². The summed E-state index contributed by atoms with van der Waals surface area (Å²) in [6.07, 6.45) is 0. The number of aromatic nitrogens is 1. The van der Waals surface area contributed by atoms with Crippen LogP contribution in [0.5, 0.6) is 0 Å². The minimum atomic E-state index is 0.479. The number of hydrogen-bond donors (Lipinski definition) is 1. The lowest BCUT2D eigenvalue weighted by molar-refractivity contribution is 0.936. The SMILES string of the molecule is c1nc(C2CNc3ccsc3S2)cs1. The maximum absolute atomic E-state index is 4.36. The molecule has 0 saturated carbocycles. The summed E-state index contributed by atoms with van der Waals surface area (Å²) < 4.78 is 1.38. The lowest BCUT2D eigenvalue weighted by Crippen LogP contribution is -2.13. The summed E-state index contributed by atoms with van der Waals surface area (Å²) in [6, 6.07) is 2.14. The fourth-order valence-corrected chi connectivity index (χ4v) is 4.41. The lowest BCUT2D eigenvalue weighted by atomic mass is 10.3. The van der Waals surface area contributed by atoms with Crippen molar-refractivity contribution in [3.8, 4) is 0 Å². The molecule has 0 spiro atoms. The minimum absolute atomic E-state index is 0.479. The molecule has 1 aliphatic rings. The highest BCUT2D eigenvalue weighted by Crippen LogP contribution is 2.45. The third-order valence-corrected chi connectivity index (χ3v) is 5.15. The largest absolute Gasteiger partial charge is 0.382 e. The Bertz CT molecular complexity index is 421. The first-order valence-corrected chi connectivity index (χ1v) is 7.00. The zero-order valence-electron chi connectivity index (χ0n) is 7.27. The molecule has 2 aromatic heterocycles. The molecule has 1 atom stereocenters. The molecule has 0 amide bonds. The summed E-state index contributed by atoms with van der Waals surface area (Å²) in [7, 11) is 0. The normalized spacial score (nSPS) is 20.1. The Morgan fingerprint density at radius 1 is 1.50 bits per heavy atom. The van der Waals surface area contributed by atoms with Gasteiger partial charge < -0.3 is 5.32 Å². The number of nitrogens with zero attached hydrogens (tertiary/aromatic N) is 1. The van der Waals surface area contributed by atoms with Gasteiger partial charge in [-0.2, -0.15) is 0 Å². The maximum Gasteiger partial charge on any atom is 0.0837 e. The number of thiazole rings is 1. The van der Waals surface area contributed by atoms with Gasteiger partial charge in [0.2, 0.25) is 0 Å². The second-order valence-corrected chi connectivity index (χ2v) is 6.13. The fourth-order valence-electron chi connectivity index (χ4n) is 1.44. The Morgan fingerprint density at radius 3 is 3.36 bits per heavy atom. The summed E-state index contributed by atoms with van der Waals surface area (Å²) in [5.74, 6) is 0. The van der Waals surface area contributed by atoms with Crippen LogP contribution in [0, 0.1) is 0 Å². The van der Waals surface area contributed by atoms with Crippen molar-refractivity contribution in [1.82, 2.24) is 4.98 Å². The molecule has 0 aliphatic carbocycles. The van der Waals surface area contributed by atoms with Crippen LogP contribution in [0.4, 0.5) is 5.69 Å². The quantitative estimate of drug-likeness (QED) is 0.826. The molecule has 1 aliphatic heterocycles. The first-order valence-electron chi connectivity index (χ1n) is 4.29. The standard InChI is InChI=1S/C9H8N2S3/c1-2-13-9-6(1)10-3-8(14-9)7-4-12-5-11-7/h1-2,4-5,8,10H,3H2. The zero-order chi connectivity index (χ0) is 9.38. The van der Waals surface area contributed by atoms with Gasteiger partial charge in [0.15, 0.2) is 0 Å². The number of anilines is 1. The van der Waals surface area contributed by atoms with E-state index in [1.165, 1.54) is 15.6 Å². The molecule has 0 radical (unpaired) electrons. The first-order chi connectivity index (χ1) is 6.93. The van der Waals surface area contributed by atoms with E-state index in [1.807, 2.05) is 17.3 Å². The van der Waals surface area contributed by atoms with Crippen molar-refractivity contribution in [2.24, 2.45) is 0 Å². The fraction of sp³-hybridized carbons (Fsp3) is 0.222. The summed E-state index contributed by atoms with van der Waals surface area (Å²) in [4.78, 5) is 4.36. The summed E-state index contributed by atoms with van der Waals surface area (Å²) >= 11 is 5.39. The van der Waals surface area contributed by atoms with E-state index < -0.39 is 0 Å². The summed E-state index contributed by atoms with van der Waals surface area (Å²) in [5.41, 5.74) is 4.39. The predicted octanol–water partition coefficient (Wildman–Crippen LogP) is 3.46. The van der Waals surface area contributed by atoms with Gasteiger partial charge in [0.05, 0.1) is 26.4 Å². The Kier molecular flexibility index (Phi) is 2.23. The van der Waals surface area contributed by atoms with E-state index in [-0.39, 0.29) is 0 Å². The Labute approximate surface area is 94.4 Å². The van der Waals surface area contributed by atoms with Crippen molar-refractivity contribution in [3.63, 3.8) is 0 Å². The Balaban J connectivity index is 1.88. The monoisotopic (exact) mass is 240 g/mol. The van der Waals surface area contributed by atoms with E-state index >= 15 is 0 Å². The first kappa shape index (κ1) is 8.76. The molecule has 2 nitrogen and oxygen atoms in total. The molecule has 1 N–H and O–H groups in total. The molecule has 0 bridgehead atoms. The van der Waals surface area contributed by atoms with Crippen LogP contribution in [0.25, 0.3) is 0 Å². The van der Waals surface area contributed by atoms with E-state index in [2.05, 4.69) is 27.1 Å². The smallest absolute Gasteiger partial charge is 0.0837 e. The van der Waals surface area contributed by atoms with E-state index in [1.54, 1.807) is 22.7 Å². The van der Waals surface area contributed by atoms with Gasteiger partial charge in [-0.1, -0.05) is 0 Å². The number of nitrogens with one attached hydrogen (secondary N) is 1. The molecular formula is C9H8N2S3. The van der Waals surface area contributed by atoms with Gasteiger partial charge in [-0.3, -0.25) is 0 Å². The Hall–Kier alpha value is -0.520. The van der Waals surface area contributed by atoms with Crippen LogP contribution in [0.2, 0.25) is 0 Å². The summed E-state index contributed by atoms with van der Waals surface area (Å²) in [5, 5.41) is 8.18. The van der Waals surface area contributed by atoms with Crippen molar-refractivity contribution in [2.75, 3.05) is 11.9 Å². The van der Waals surface area contributed by atoms with Crippen molar-refractivity contribution >= 4 is 40.1 Å². The summed E-state index contributed by atoms with van der Waals surface area (Å²) in [6.45, 7) is 0.984. The van der Waals surface area contributed by atoms with Crippen molar-refractivity contribution in [1.29, 1.82) is 0 Å². The van der Waals surface area contributed by atoms with Crippen molar-refractivity contribution < 1.29 is 0 Å². The van der Waals surface area contributed by atoms with Crippen LogP contribution in [0.3, 0.4) is 0 Å². The highest BCUT2D eigenvalue weighted by atomic mass is 32.2. The van der Waals surface area contributed by atoms with Crippen molar-refractivity contribution in [3.05, 3.63) is 28.0 Å². The molecule has 1 unspecified atom stereocenters. The molecule has 14 heavy (non-hydrogen) atoms. The maximum atomic E-state index is 4.36. The van der Waals surface area contributed by atoms with Gasteiger partial charge in [0.1, 0.15) is 0 Å². The van der Waals surface area contributed by atoms with Gasteiger partial charge in [-0.05, 0) is 11.4 Å². The van der Waals surface area contributed by atoms with Gasteiger partial charge >= 0.3 is 0 Å². The molecule has 0 fully saturated rings. The molecule has 5 heteroatoms. The van der Waals surface area contributed by atoms with Gasteiger partial charge in [0, 0.05) is 11.9 Å². The van der Waals surface area contributed by atoms with Crippen LogP contribution in [-0.4, -0.2) is 11.5 Å². The average Bonchev–Trinajstić information content (AvgIpc) is 2.88. The second kappa shape index (κ2) is 3.56. The predicted molar refractivity (Wildman–Crippen MR) is 63.5 cm³/mol. The molecular weight excluding hydrogens is 232 g/mol. The molecule has 2 aromatic rings. The van der Waals surface area contributed by atoms with E-state index in [0.717, 1.165) is 6.54 Å². The van der Waals surface area contributed by atoms with Crippen LogP contribution in [-0.2, 0) is 0 Å². The van der Waals surface area contributed by atoms with Gasteiger partial charge in [-0.15, -0.1) is 34.4 Å². The Morgan fingerprint density at radius 2 is 2.50 bits per heavy atom. The number of thioether (sulfide) groups is 1. The molecule has 3 rings (SSSR count). The number of fused-ring (bicyclic) bond motifs is 1. The molecule has 3 heterocycles. The van der Waals surface area contributed by atoms with Gasteiger partial charge in [0.25, 0.3) is 0 Å². The van der Waals surface area contributed by atoms with Crippen LogP contribution in [0.1, 0.15) is 10.9 Å². The van der Waals surface area contributed by atoms with E-state index in [9.17, 15) is 0 Å². The van der Waals surface area contributed by atoms with E-state index in [0.29, 0.717) is 5.25 Å². The number of rotatable bonds is 1. The van der Waals surface area contributed by atoms with Crippen LogP contribution >= 0.6 is 34.4 Å². The molecule has 0 aromatic carbocycles. The average molecular weight is 240 g/mol. The zero-order valence-corrected chi connectivity index (χ0v) is 9.72. The van der Waals surface area contributed by atoms with Crippen LogP contribution < -0.4 is 5.32 Å². The third-order valence-electron chi connectivity index (χ3n) is 2.14. The number of thiophene rings is 1.